The fraction of sp³-hybridized carbons (Fsp3) is 0.929. The summed E-state index contributed by atoms with van der Waals surface area (Å²) in [4.78, 5) is 10.7. The number of carbonyl (C=O) groups is 1. The van der Waals surface area contributed by atoms with Gasteiger partial charge >= 0.3 is 0 Å². The van der Waals surface area contributed by atoms with Crippen LogP contribution in [0.1, 0.15) is 53.4 Å². The number of hydrogen-bond donors (Lipinski definition) is 0. The van der Waals surface area contributed by atoms with E-state index in [0.717, 1.165) is 36.4 Å². The lowest BCUT2D eigenvalue weighted by molar-refractivity contribution is -0.111. The molecule has 0 aliphatic heterocycles. The van der Waals surface area contributed by atoms with E-state index in [1.54, 1.807) is 0 Å². The zero-order chi connectivity index (χ0) is 11.4. The summed E-state index contributed by atoms with van der Waals surface area (Å²) in [5.74, 6) is 3.58. The van der Waals surface area contributed by atoms with Crippen molar-refractivity contribution in [3.63, 3.8) is 0 Å². The Hall–Kier alpha value is -0.330. The Balaban J connectivity index is 2.53. The lowest BCUT2D eigenvalue weighted by Crippen LogP contribution is -2.17. The van der Waals surface area contributed by atoms with E-state index in [9.17, 15) is 4.79 Å². The van der Waals surface area contributed by atoms with Crippen molar-refractivity contribution in [1.29, 1.82) is 0 Å². The highest BCUT2D eigenvalue weighted by Crippen LogP contribution is 2.45. The van der Waals surface area contributed by atoms with Crippen LogP contribution in [-0.4, -0.2) is 6.29 Å². The number of rotatable bonds is 5. The summed E-state index contributed by atoms with van der Waals surface area (Å²) >= 11 is 0. The molecule has 0 spiro atoms. The standard InChI is InChI=1S/C14H26O/c1-5-6-13-8-11(3)14(12(13)4)7-10(2)9-15/h9-14H,5-8H2,1-4H3. The van der Waals surface area contributed by atoms with Gasteiger partial charge in [0.2, 0.25) is 0 Å². The second kappa shape index (κ2) is 5.67. The van der Waals surface area contributed by atoms with Crippen molar-refractivity contribution < 1.29 is 4.79 Å². The molecule has 15 heavy (non-hydrogen) atoms. The maximum absolute atomic E-state index is 10.7. The van der Waals surface area contributed by atoms with E-state index in [-0.39, 0.29) is 5.92 Å². The van der Waals surface area contributed by atoms with Crippen LogP contribution in [0.3, 0.4) is 0 Å². The van der Waals surface area contributed by atoms with Gasteiger partial charge in [-0.05, 0) is 36.5 Å². The molecule has 0 aromatic heterocycles. The van der Waals surface area contributed by atoms with E-state index < -0.39 is 0 Å². The zero-order valence-corrected chi connectivity index (χ0v) is 10.7. The van der Waals surface area contributed by atoms with E-state index in [1.165, 1.54) is 19.3 Å². The highest BCUT2D eigenvalue weighted by molar-refractivity contribution is 5.52. The van der Waals surface area contributed by atoms with Crippen molar-refractivity contribution in [3.05, 3.63) is 0 Å². The predicted molar refractivity (Wildman–Crippen MR) is 64.7 cm³/mol. The van der Waals surface area contributed by atoms with Gasteiger partial charge in [0, 0.05) is 5.92 Å². The van der Waals surface area contributed by atoms with Crippen molar-refractivity contribution >= 4 is 6.29 Å². The summed E-state index contributed by atoms with van der Waals surface area (Å²) in [6, 6.07) is 0. The number of aldehydes is 1. The molecule has 1 aliphatic rings. The van der Waals surface area contributed by atoms with Gasteiger partial charge in [0.05, 0.1) is 0 Å². The fourth-order valence-electron chi connectivity index (χ4n) is 3.42. The molecule has 0 N–H and O–H groups in total. The van der Waals surface area contributed by atoms with Crippen LogP contribution in [-0.2, 0) is 4.79 Å². The lowest BCUT2D eigenvalue weighted by Gasteiger charge is -2.23. The molecule has 5 unspecified atom stereocenters. The van der Waals surface area contributed by atoms with Gasteiger partial charge < -0.3 is 4.79 Å². The minimum absolute atomic E-state index is 0.250. The van der Waals surface area contributed by atoms with Crippen molar-refractivity contribution in [2.45, 2.75) is 53.4 Å². The van der Waals surface area contributed by atoms with E-state index >= 15 is 0 Å². The average Bonchev–Trinajstić information content (AvgIpc) is 2.46. The van der Waals surface area contributed by atoms with Gasteiger partial charge in [-0.1, -0.05) is 40.5 Å². The molecule has 1 saturated carbocycles. The van der Waals surface area contributed by atoms with Crippen LogP contribution in [0.2, 0.25) is 0 Å². The van der Waals surface area contributed by atoms with Crippen LogP contribution in [0.25, 0.3) is 0 Å². The maximum Gasteiger partial charge on any atom is 0.122 e. The number of hydrogen-bond acceptors (Lipinski definition) is 1. The molecule has 0 saturated heterocycles. The third-order valence-corrected chi connectivity index (χ3v) is 4.36. The van der Waals surface area contributed by atoms with Crippen LogP contribution >= 0.6 is 0 Å². The SMILES string of the molecule is CCCC1CC(C)C(CC(C)C=O)C1C. The average molecular weight is 210 g/mol. The van der Waals surface area contributed by atoms with Crippen LogP contribution in [0, 0.1) is 29.6 Å². The summed E-state index contributed by atoms with van der Waals surface area (Å²) in [5.41, 5.74) is 0. The minimum Gasteiger partial charge on any atom is -0.303 e. The molecule has 88 valence electrons. The monoisotopic (exact) mass is 210 g/mol. The first-order valence-electron chi connectivity index (χ1n) is 6.55. The van der Waals surface area contributed by atoms with Crippen molar-refractivity contribution in [3.8, 4) is 0 Å². The molecular weight excluding hydrogens is 184 g/mol. The van der Waals surface area contributed by atoms with E-state index in [2.05, 4.69) is 27.7 Å². The van der Waals surface area contributed by atoms with Gasteiger partial charge in [-0.3, -0.25) is 0 Å². The molecular formula is C14H26O. The first-order chi connectivity index (χ1) is 7.10. The quantitative estimate of drug-likeness (QED) is 0.629. The summed E-state index contributed by atoms with van der Waals surface area (Å²) in [6.45, 7) is 9.10. The van der Waals surface area contributed by atoms with E-state index in [0.29, 0.717) is 0 Å². The molecule has 1 aliphatic carbocycles. The highest BCUT2D eigenvalue weighted by atomic mass is 16.1. The zero-order valence-electron chi connectivity index (χ0n) is 10.7. The van der Waals surface area contributed by atoms with Crippen LogP contribution < -0.4 is 0 Å². The topological polar surface area (TPSA) is 17.1 Å². The van der Waals surface area contributed by atoms with E-state index in [4.69, 9.17) is 0 Å². The fourth-order valence-corrected chi connectivity index (χ4v) is 3.42. The molecule has 0 amide bonds. The van der Waals surface area contributed by atoms with Crippen molar-refractivity contribution in [2.75, 3.05) is 0 Å². The Kier molecular flexibility index (Phi) is 4.82. The summed E-state index contributed by atoms with van der Waals surface area (Å²) in [6.07, 6.45) is 6.28. The molecule has 1 rings (SSSR count). The highest BCUT2D eigenvalue weighted by Gasteiger charge is 2.37. The van der Waals surface area contributed by atoms with Crippen molar-refractivity contribution in [2.24, 2.45) is 29.6 Å². The Bertz CT molecular complexity index is 200. The molecule has 0 heterocycles. The first kappa shape index (κ1) is 12.7. The third-order valence-electron chi connectivity index (χ3n) is 4.36. The van der Waals surface area contributed by atoms with Crippen LogP contribution in [0.15, 0.2) is 0 Å². The van der Waals surface area contributed by atoms with Crippen LogP contribution in [0.4, 0.5) is 0 Å². The van der Waals surface area contributed by atoms with Gasteiger partial charge in [0.1, 0.15) is 6.29 Å². The van der Waals surface area contributed by atoms with Crippen LogP contribution in [0.5, 0.6) is 0 Å². The van der Waals surface area contributed by atoms with Crippen molar-refractivity contribution in [1.82, 2.24) is 0 Å². The Morgan fingerprint density at radius 1 is 1.40 bits per heavy atom. The molecule has 0 radical (unpaired) electrons. The molecule has 1 heteroatoms. The lowest BCUT2D eigenvalue weighted by atomic mass is 9.82. The summed E-state index contributed by atoms with van der Waals surface area (Å²) in [5, 5.41) is 0. The van der Waals surface area contributed by atoms with Gasteiger partial charge in [-0.25, -0.2) is 0 Å². The molecule has 0 bridgehead atoms. The number of carbonyl (C=O) groups excluding carboxylic acids is 1. The Morgan fingerprint density at radius 2 is 2.07 bits per heavy atom. The largest absolute Gasteiger partial charge is 0.303 e. The molecule has 0 aromatic carbocycles. The molecule has 0 aromatic rings. The van der Waals surface area contributed by atoms with Gasteiger partial charge in [-0.2, -0.15) is 0 Å². The first-order valence-corrected chi connectivity index (χ1v) is 6.55. The van der Waals surface area contributed by atoms with Gasteiger partial charge in [0.15, 0.2) is 0 Å². The third kappa shape index (κ3) is 3.06. The summed E-state index contributed by atoms with van der Waals surface area (Å²) < 4.78 is 0. The minimum atomic E-state index is 0.250. The smallest absolute Gasteiger partial charge is 0.122 e. The second-order valence-corrected chi connectivity index (χ2v) is 5.63. The Morgan fingerprint density at radius 3 is 2.60 bits per heavy atom. The van der Waals surface area contributed by atoms with Gasteiger partial charge in [-0.15, -0.1) is 0 Å². The van der Waals surface area contributed by atoms with E-state index in [1.807, 2.05) is 0 Å². The van der Waals surface area contributed by atoms with Gasteiger partial charge in [0.25, 0.3) is 0 Å². The summed E-state index contributed by atoms with van der Waals surface area (Å²) in [7, 11) is 0. The Labute approximate surface area is 94.6 Å². The maximum atomic E-state index is 10.7. The molecule has 1 nitrogen and oxygen atoms in total. The molecule has 1 fully saturated rings. The second-order valence-electron chi connectivity index (χ2n) is 5.63. The predicted octanol–water partition coefficient (Wildman–Crippen LogP) is 3.92. The molecule has 5 atom stereocenters. The normalized spacial score (nSPS) is 37.9.